The molecular weight excluding hydrogens is 366 g/mol. The summed E-state index contributed by atoms with van der Waals surface area (Å²) in [4.78, 5) is 28.3. The van der Waals surface area contributed by atoms with Crippen LogP contribution >= 0.6 is 0 Å². The molecule has 2 heterocycles. The van der Waals surface area contributed by atoms with Crippen molar-refractivity contribution in [2.45, 2.75) is 13.5 Å². The lowest BCUT2D eigenvalue weighted by Crippen LogP contribution is -2.32. The Balaban J connectivity index is 2.10. The Labute approximate surface area is 159 Å². The Kier molecular flexibility index (Phi) is 5.44. The van der Waals surface area contributed by atoms with E-state index in [1.165, 1.54) is 11.1 Å². The van der Waals surface area contributed by atoms with Crippen LogP contribution in [0.25, 0.3) is 5.69 Å². The van der Waals surface area contributed by atoms with Crippen molar-refractivity contribution < 1.29 is 14.5 Å². The van der Waals surface area contributed by atoms with Crippen LogP contribution in [0.4, 0.5) is 22.1 Å². The molecule has 0 fully saturated rings. The fraction of sp³-hybridized carbons (Fsp3) is 0.176. The monoisotopic (exact) mass is 383 g/mol. The first-order chi connectivity index (χ1) is 13.5. The molecular formula is C17H17N7O4. The Hall–Kier alpha value is -4.02. The van der Waals surface area contributed by atoms with Crippen LogP contribution in [-0.4, -0.2) is 37.6 Å². The molecule has 0 unspecified atom stereocenters. The number of rotatable bonds is 6. The van der Waals surface area contributed by atoms with Gasteiger partial charge in [0.1, 0.15) is 17.0 Å². The van der Waals surface area contributed by atoms with Crippen molar-refractivity contribution in [3.05, 3.63) is 64.5 Å². The lowest BCUT2D eigenvalue weighted by Gasteiger charge is -2.24. The molecule has 11 nitrogen and oxygen atoms in total. The summed E-state index contributed by atoms with van der Waals surface area (Å²) in [5.41, 5.74) is 7.36. The molecule has 2 N–H and O–H groups in total. The summed E-state index contributed by atoms with van der Waals surface area (Å²) in [7, 11) is 0. The smallest absolute Gasteiger partial charge is 0.414 e. The minimum Gasteiger partial charge on any atom is -0.449 e. The Morgan fingerprint density at radius 1 is 1.32 bits per heavy atom. The van der Waals surface area contributed by atoms with Gasteiger partial charge in [0.15, 0.2) is 5.82 Å². The van der Waals surface area contributed by atoms with Crippen molar-refractivity contribution in [1.82, 2.24) is 20.0 Å². The molecule has 1 amide bonds. The highest BCUT2D eigenvalue weighted by Gasteiger charge is 2.25. The van der Waals surface area contributed by atoms with Crippen LogP contribution in [-0.2, 0) is 11.3 Å². The van der Waals surface area contributed by atoms with Crippen molar-refractivity contribution in [3.8, 4) is 5.69 Å². The topological polar surface area (TPSA) is 142 Å². The summed E-state index contributed by atoms with van der Waals surface area (Å²) in [5, 5.41) is 18.2. The number of nitro groups is 1. The van der Waals surface area contributed by atoms with Crippen LogP contribution in [0.5, 0.6) is 0 Å². The van der Waals surface area contributed by atoms with Gasteiger partial charge in [-0.2, -0.15) is 4.68 Å². The quantitative estimate of drug-likeness (QED) is 0.505. The first-order valence-electron chi connectivity index (χ1n) is 8.31. The number of ether oxygens (including phenoxy) is 1. The molecule has 0 aliphatic carbocycles. The Bertz CT molecular complexity index is 990. The molecule has 0 aliphatic rings. The second-order valence-electron chi connectivity index (χ2n) is 5.61. The van der Waals surface area contributed by atoms with E-state index >= 15 is 0 Å². The number of amides is 1. The van der Waals surface area contributed by atoms with Gasteiger partial charge in [0, 0.05) is 6.20 Å². The van der Waals surface area contributed by atoms with Gasteiger partial charge in [-0.25, -0.2) is 9.78 Å². The lowest BCUT2D eigenvalue weighted by atomic mass is 10.2. The molecule has 0 saturated carbocycles. The summed E-state index contributed by atoms with van der Waals surface area (Å²) in [6.07, 6.45) is 1.92. The van der Waals surface area contributed by atoms with Crippen LogP contribution in [0, 0.1) is 10.1 Å². The van der Waals surface area contributed by atoms with Crippen LogP contribution in [0.1, 0.15) is 12.5 Å². The van der Waals surface area contributed by atoms with Crippen molar-refractivity contribution in [2.24, 2.45) is 0 Å². The fourth-order valence-corrected chi connectivity index (χ4v) is 2.58. The highest BCUT2D eigenvalue weighted by atomic mass is 16.6. The highest BCUT2D eigenvalue weighted by Crippen LogP contribution is 2.30. The van der Waals surface area contributed by atoms with E-state index in [0.29, 0.717) is 5.69 Å². The van der Waals surface area contributed by atoms with Gasteiger partial charge in [0.2, 0.25) is 0 Å². The maximum Gasteiger partial charge on any atom is 0.414 e. The third-order valence-corrected chi connectivity index (χ3v) is 3.79. The second-order valence-corrected chi connectivity index (χ2v) is 5.61. The van der Waals surface area contributed by atoms with Gasteiger partial charge in [0.25, 0.3) is 0 Å². The number of carbonyl (C=O) groups excluding carboxylic acids is 1. The first-order valence-corrected chi connectivity index (χ1v) is 8.31. The van der Waals surface area contributed by atoms with E-state index in [4.69, 9.17) is 10.5 Å². The number of pyridine rings is 1. The normalized spacial score (nSPS) is 10.5. The number of anilines is 2. The van der Waals surface area contributed by atoms with Gasteiger partial charge in [-0.05, 0) is 23.5 Å². The molecule has 0 radical (unpaired) electrons. The Morgan fingerprint density at radius 3 is 2.71 bits per heavy atom. The standard InChI is InChI=1S/C17H17N7O4/c1-2-28-17(25)22(10-12-6-4-3-5-7-12)13-8-9-19-16(18)15(13)23-11-14(20-21-23)24(26)27/h3-9,11H,2,10H2,1H3,(H2,18,19). The maximum atomic E-state index is 12.6. The predicted molar refractivity (Wildman–Crippen MR) is 99.9 cm³/mol. The molecule has 0 atom stereocenters. The van der Waals surface area contributed by atoms with Crippen molar-refractivity contribution in [3.63, 3.8) is 0 Å². The van der Waals surface area contributed by atoms with Gasteiger partial charge in [0.05, 0.1) is 24.1 Å². The Morgan fingerprint density at radius 2 is 2.07 bits per heavy atom. The summed E-state index contributed by atoms with van der Waals surface area (Å²) in [5.74, 6) is -0.431. The zero-order valence-electron chi connectivity index (χ0n) is 14.9. The molecule has 1 aromatic carbocycles. The van der Waals surface area contributed by atoms with Gasteiger partial charge >= 0.3 is 11.9 Å². The SMILES string of the molecule is CCOC(=O)N(Cc1ccccc1)c1ccnc(N)c1-n1cc([N+](=O)[O-])nn1. The average Bonchev–Trinajstić information content (AvgIpc) is 3.17. The van der Waals surface area contributed by atoms with Crippen molar-refractivity contribution >= 4 is 23.4 Å². The number of nitrogen functional groups attached to an aromatic ring is 1. The minimum atomic E-state index is -0.678. The zero-order valence-corrected chi connectivity index (χ0v) is 14.9. The van der Waals surface area contributed by atoms with Crippen molar-refractivity contribution in [2.75, 3.05) is 17.2 Å². The summed E-state index contributed by atoms with van der Waals surface area (Å²) in [6.45, 7) is 2.06. The van der Waals surface area contributed by atoms with E-state index in [2.05, 4.69) is 15.3 Å². The first kappa shape index (κ1) is 18.8. The van der Waals surface area contributed by atoms with Gasteiger partial charge in [-0.15, -0.1) is 0 Å². The maximum absolute atomic E-state index is 12.6. The zero-order chi connectivity index (χ0) is 20.1. The van der Waals surface area contributed by atoms with Gasteiger partial charge in [-0.1, -0.05) is 30.3 Å². The minimum absolute atomic E-state index is 0.0275. The van der Waals surface area contributed by atoms with Crippen LogP contribution in [0.15, 0.2) is 48.8 Å². The molecule has 144 valence electrons. The van der Waals surface area contributed by atoms with Crippen molar-refractivity contribution in [1.29, 1.82) is 0 Å². The molecule has 2 aromatic heterocycles. The summed E-state index contributed by atoms with van der Waals surface area (Å²) in [6, 6.07) is 10.8. The van der Waals surface area contributed by atoms with E-state index in [9.17, 15) is 14.9 Å². The number of nitrogens with zero attached hydrogens (tertiary/aromatic N) is 6. The molecule has 0 saturated heterocycles. The van der Waals surface area contributed by atoms with Gasteiger partial charge in [-0.3, -0.25) is 4.90 Å². The summed E-state index contributed by atoms with van der Waals surface area (Å²) < 4.78 is 6.30. The molecule has 0 spiro atoms. The summed E-state index contributed by atoms with van der Waals surface area (Å²) >= 11 is 0. The van der Waals surface area contributed by atoms with Crippen LogP contribution in [0.2, 0.25) is 0 Å². The molecule has 11 heteroatoms. The average molecular weight is 383 g/mol. The van der Waals surface area contributed by atoms with Gasteiger partial charge < -0.3 is 20.6 Å². The lowest BCUT2D eigenvalue weighted by molar-refractivity contribution is -0.389. The molecule has 3 rings (SSSR count). The second kappa shape index (κ2) is 8.12. The predicted octanol–water partition coefficient (Wildman–Crippen LogP) is 2.32. The highest BCUT2D eigenvalue weighted by molar-refractivity contribution is 5.91. The molecule has 0 aliphatic heterocycles. The van der Waals surface area contributed by atoms with Crippen LogP contribution < -0.4 is 10.6 Å². The number of carbonyl (C=O) groups is 1. The van der Waals surface area contributed by atoms with E-state index in [1.807, 2.05) is 30.3 Å². The number of hydrogen-bond acceptors (Lipinski definition) is 8. The number of hydrogen-bond donors (Lipinski definition) is 1. The fourth-order valence-electron chi connectivity index (χ4n) is 2.58. The third kappa shape index (κ3) is 3.87. The molecule has 0 bridgehead atoms. The van der Waals surface area contributed by atoms with E-state index in [0.717, 1.165) is 16.4 Å². The number of aromatic nitrogens is 4. The van der Waals surface area contributed by atoms with E-state index < -0.39 is 16.8 Å². The van der Waals surface area contributed by atoms with Crippen LogP contribution in [0.3, 0.4) is 0 Å². The molecule has 28 heavy (non-hydrogen) atoms. The molecule has 3 aromatic rings. The van der Waals surface area contributed by atoms with E-state index in [-0.39, 0.29) is 24.7 Å². The third-order valence-electron chi connectivity index (χ3n) is 3.79. The number of nitrogens with two attached hydrogens (primary N) is 1. The van der Waals surface area contributed by atoms with E-state index in [1.54, 1.807) is 13.0 Å². The largest absolute Gasteiger partial charge is 0.449 e. The number of benzene rings is 1.